The summed E-state index contributed by atoms with van der Waals surface area (Å²) < 4.78 is 0. The van der Waals surface area contributed by atoms with Gasteiger partial charge in [0.25, 0.3) is 0 Å². The number of aliphatic hydroxyl groups excluding tert-OH is 1. The summed E-state index contributed by atoms with van der Waals surface area (Å²) >= 11 is 0. The normalized spacial score (nSPS) is 12.4. The lowest BCUT2D eigenvalue weighted by Crippen LogP contribution is -1.68. The van der Waals surface area contributed by atoms with E-state index in [9.17, 15) is 0 Å². The van der Waals surface area contributed by atoms with E-state index < -0.39 is 0 Å². The largest absolute Gasteiger partial charge is 0.508 e. The quantitative estimate of drug-likeness (QED) is 0.426. The second-order valence-electron chi connectivity index (χ2n) is 1.33. The minimum absolute atomic E-state index is 0.238. The zero-order chi connectivity index (χ0) is 6.41. The van der Waals surface area contributed by atoms with Gasteiger partial charge in [0.15, 0.2) is 0 Å². The second-order valence-corrected chi connectivity index (χ2v) is 1.33. The molecule has 0 radical (unpaired) electrons. The fourth-order valence-electron chi connectivity index (χ4n) is 0.347. The smallest absolute Gasteiger partial charge is 0.115 e. The van der Waals surface area contributed by atoms with Gasteiger partial charge in [-0.2, -0.15) is 0 Å². The summed E-state index contributed by atoms with van der Waals surface area (Å²) in [6.07, 6.45) is 6.42. The summed E-state index contributed by atoms with van der Waals surface area (Å²) in [5, 5.41) is 8.75. The van der Waals surface area contributed by atoms with Crippen LogP contribution in [0.15, 0.2) is 36.6 Å². The summed E-state index contributed by atoms with van der Waals surface area (Å²) in [6, 6.07) is 0. The molecule has 0 saturated heterocycles. The predicted octanol–water partition coefficient (Wildman–Crippen LogP) is 2.19. The summed E-state index contributed by atoms with van der Waals surface area (Å²) in [4.78, 5) is 0. The molecule has 0 fully saturated rings. The molecule has 0 spiro atoms. The molecule has 0 aliphatic rings. The van der Waals surface area contributed by atoms with Crippen LogP contribution in [-0.4, -0.2) is 5.11 Å². The monoisotopic (exact) mass is 110 g/mol. The predicted molar refractivity (Wildman–Crippen MR) is 35.7 cm³/mol. The van der Waals surface area contributed by atoms with Crippen LogP contribution in [0.3, 0.4) is 0 Å². The van der Waals surface area contributed by atoms with Crippen molar-refractivity contribution < 1.29 is 5.11 Å². The third kappa shape index (κ3) is 3.22. The molecule has 0 aromatic rings. The third-order valence-electron chi connectivity index (χ3n) is 0.626. The molecule has 0 bridgehead atoms. The van der Waals surface area contributed by atoms with Crippen molar-refractivity contribution in [3.63, 3.8) is 0 Å². The minimum atomic E-state index is 0.238. The number of aliphatic hydroxyl groups is 1. The number of rotatable bonds is 2. The molecule has 0 aromatic heterocycles. The van der Waals surface area contributed by atoms with Crippen LogP contribution in [0.4, 0.5) is 0 Å². The maximum absolute atomic E-state index is 8.75. The molecule has 8 heavy (non-hydrogen) atoms. The Balaban J connectivity index is 3.79. The minimum Gasteiger partial charge on any atom is -0.508 e. The highest BCUT2D eigenvalue weighted by Gasteiger charge is 1.74. The summed E-state index contributed by atoms with van der Waals surface area (Å²) in [5.41, 5.74) is 0. The highest BCUT2D eigenvalue weighted by atomic mass is 16.3. The summed E-state index contributed by atoms with van der Waals surface area (Å²) in [6.45, 7) is 5.25. The third-order valence-corrected chi connectivity index (χ3v) is 0.626. The molecule has 1 nitrogen and oxygen atoms in total. The van der Waals surface area contributed by atoms with E-state index in [0.29, 0.717) is 0 Å². The molecule has 44 valence electrons. The van der Waals surface area contributed by atoms with Gasteiger partial charge >= 0.3 is 0 Å². The van der Waals surface area contributed by atoms with E-state index in [1.54, 1.807) is 12.2 Å². The van der Waals surface area contributed by atoms with Gasteiger partial charge in [-0.25, -0.2) is 0 Å². The van der Waals surface area contributed by atoms with E-state index in [2.05, 4.69) is 6.58 Å². The van der Waals surface area contributed by atoms with E-state index in [1.807, 2.05) is 6.92 Å². The summed E-state index contributed by atoms with van der Waals surface area (Å²) in [7, 11) is 0. The van der Waals surface area contributed by atoms with Crippen LogP contribution >= 0.6 is 0 Å². The van der Waals surface area contributed by atoms with Crippen molar-refractivity contribution in [3.05, 3.63) is 36.6 Å². The molecule has 0 rings (SSSR count). The molecule has 0 atom stereocenters. The molecule has 0 saturated carbocycles. The van der Waals surface area contributed by atoms with Gasteiger partial charge in [0.05, 0.1) is 0 Å². The van der Waals surface area contributed by atoms with Crippen LogP contribution in [0.2, 0.25) is 0 Å². The maximum Gasteiger partial charge on any atom is 0.115 e. The van der Waals surface area contributed by atoms with E-state index in [-0.39, 0.29) is 5.76 Å². The lowest BCUT2D eigenvalue weighted by molar-refractivity contribution is 0.432. The highest BCUT2D eigenvalue weighted by molar-refractivity contribution is 5.14. The van der Waals surface area contributed by atoms with Gasteiger partial charge < -0.3 is 5.11 Å². The first kappa shape index (κ1) is 7.02. The van der Waals surface area contributed by atoms with E-state index in [1.165, 1.54) is 12.2 Å². The average molecular weight is 110 g/mol. The fourth-order valence-corrected chi connectivity index (χ4v) is 0.347. The Bertz CT molecular complexity index is 120. The Morgan fingerprint density at radius 1 is 1.62 bits per heavy atom. The van der Waals surface area contributed by atoms with Gasteiger partial charge in [-0.3, -0.25) is 0 Å². The Kier molecular flexibility index (Phi) is 3.67. The fraction of sp³-hybridized carbons (Fsp3) is 0.143. The van der Waals surface area contributed by atoms with E-state index >= 15 is 0 Å². The van der Waals surface area contributed by atoms with Crippen molar-refractivity contribution in [1.82, 2.24) is 0 Å². The van der Waals surface area contributed by atoms with Crippen LogP contribution in [-0.2, 0) is 0 Å². The van der Waals surface area contributed by atoms with Crippen molar-refractivity contribution in [2.45, 2.75) is 6.92 Å². The Morgan fingerprint density at radius 3 is 2.62 bits per heavy atom. The zero-order valence-corrected chi connectivity index (χ0v) is 4.96. The van der Waals surface area contributed by atoms with Crippen molar-refractivity contribution in [1.29, 1.82) is 0 Å². The van der Waals surface area contributed by atoms with Gasteiger partial charge in [0.2, 0.25) is 0 Å². The van der Waals surface area contributed by atoms with Crippen LogP contribution < -0.4 is 0 Å². The second kappa shape index (κ2) is 4.19. The van der Waals surface area contributed by atoms with Gasteiger partial charge in [-0.15, -0.1) is 0 Å². The SMILES string of the molecule is C=CC=C(O)/C=C\C. The van der Waals surface area contributed by atoms with Gasteiger partial charge in [-0.1, -0.05) is 18.7 Å². The molecule has 0 amide bonds. The Morgan fingerprint density at radius 2 is 2.25 bits per heavy atom. The average Bonchev–Trinajstić information content (AvgIpc) is 1.68. The van der Waals surface area contributed by atoms with Crippen LogP contribution in [0.25, 0.3) is 0 Å². The number of allylic oxidation sites excluding steroid dienone is 4. The zero-order valence-electron chi connectivity index (χ0n) is 4.96. The molecular formula is C7H10O. The lowest BCUT2D eigenvalue weighted by Gasteiger charge is -1.82. The topological polar surface area (TPSA) is 20.2 Å². The molecule has 1 heteroatoms. The molecular weight excluding hydrogens is 100 g/mol. The van der Waals surface area contributed by atoms with Crippen molar-refractivity contribution in [3.8, 4) is 0 Å². The van der Waals surface area contributed by atoms with E-state index in [4.69, 9.17) is 5.11 Å². The molecule has 0 unspecified atom stereocenters. The molecule has 1 N–H and O–H groups in total. The molecule has 0 heterocycles. The number of hydrogen-bond donors (Lipinski definition) is 1. The molecule has 0 aromatic carbocycles. The Hall–Kier alpha value is -0.980. The molecule has 0 aliphatic heterocycles. The Labute approximate surface area is 49.7 Å². The van der Waals surface area contributed by atoms with Gasteiger partial charge in [0, 0.05) is 0 Å². The number of hydrogen-bond acceptors (Lipinski definition) is 1. The maximum atomic E-state index is 8.75. The molecule has 0 aliphatic carbocycles. The van der Waals surface area contributed by atoms with E-state index in [0.717, 1.165) is 0 Å². The van der Waals surface area contributed by atoms with Crippen molar-refractivity contribution in [2.24, 2.45) is 0 Å². The van der Waals surface area contributed by atoms with Crippen molar-refractivity contribution in [2.75, 3.05) is 0 Å². The van der Waals surface area contributed by atoms with Gasteiger partial charge in [-0.05, 0) is 19.1 Å². The van der Waals surface area contributed by atoms with Crippen LogP contribution in [0, 0.1) is 0 Å². The highest BCUT2D eigenvalue weighted by Crippen LogP contribution is 1.88. The first-order valence-electron chi connectivity index (χ1n) is 2.45. The van der Waals surface area contributed by atoms with Crippen molar-refractivity contribution >= 4 is 0 Å². The first-order valence-corrected chi connectivity index (χ1v) is 2.45. The summed E-state index contributed by atoms with van der Waals surface area (Å²) in [5.74, 6) is 0.238. The van der Waals surface area contributed by atoms with Crippen LogP contribution in [0.1, 0.15) is 6.92 Å². The lowest BCUT2D eigenvalue weighted by atomic mass is 10.4. The first-order chi connectivity index (χ1) is 3.81. The van der Waals surface area contributed by atoms with Gasteiger partial charge in [0.1, 0.15) is 5.76 Å². The standard InChI is InChI=1S/C7H10O/c1-3-5-7(8)6-4-2/h3-6,8H,1H2,2H3/b6-4-,7-5?. The van der Waals surface area contributed by atoms with Crippen LogP contribution in [0.5, 0.6) is 0 Å².